The van der Waals surface area contributed by atoms with E-state index in [0.29, 0.717) is 4.90 Å². The van der Waals surface area contributed by atoms with Crippen LogP contribution in [0.1, 0.15) is 0 Å². The Labute approximate surface area is 108 Å². The van der Waals surface area contributed by atoms with Crippen LogP contribution in [0.15, 0.2) is 33.6 Å². The molecule has 1 rings (SSSR count). The fourth-order valence-electron chi connectivity index (χ4n) is 1.16. The van der Waals surface area contributed by atoms with Gasteiger partial charge < -0.3 is 5.73 Å². The number of nitrogens with two attached hydrogens (primary N) is 1. The van der Waals surface area contributed by atoms with Crippen LogP contribution in [-0.4, -0.2) is 22.7 Å². The van der Waals surface area contributed by atoms with Gasteiger partial charge in [-0.1, -0.05) is 15.9 Å². The fourth-order valence-corrected chi connectivity index (χ4v) is 2.75. The van der Waals surface area contributed by atoms with Crippen LogP contribution in [-0.2, 0) is 10.8 Å². The first-order valence-corrected chi connectivity index (χ1v) is 6.86. The van der Waals surface area contributed by atoms with Gasteiger partial charge in [-0.25, -0.2) is 0 Å². The lowest BCUT2D eigenvalue weighted by Crippen LogP contribution is -2.34. The number of alkyl halides is 3. The van der Waals surface area contributed by atoms with Crippen molar-refractivity contribution in [1.29, 1.82) is 0 Å². The van der Waals surface area contributed by atoms with Gasteiger partial charge in [0.25, 0.3) is 0 Å². The van der Waals surface area contributed by atoms with E-state index in [1.165, 1.54) is 12.1 Å². The summed E-state index contributed by atoms with van der Waals surface area (Å²) < 4.78 is 49.8. The standard InChI is InChI=1S/C10H11BrF3NOS/c11-8-1-3-9(4-2-8)17(16)6-7(5-15)10(12,13)14/h1-4,7H,5-6,15H2. The zero-order valence-corrected chi connectivity index (χ0v) is 11.1. The van der Waals surface area contributed by atoms with Crippen molar-refractivity contribution in [3.05, 3.63) is 28.7 Å². The molecule has 0 saturated heterocycles. The minimum Gasteiger partial charge on any atom is -0.330 e. The molecular formula is C10H11BrF3NOS. The predicted molar refractivity (Wildman–Crippen MR) is 64.0 cm³/mol. The van der Waals surface area contributed by atoms with E-state index in [4.69, 9.17) is 5.73 Å². The Balaban J connectivity index is 2.75. The summed E-state index contributed by atoms with van der Waals surface area (Å²) in [6.07, 6.45) is -4.40. The second-order valence-electron chi connectivity index (χ2n) is 3.44. The maximum absolute atomic E-state index is 12.4. The van der Waals surface area contributed by atoms with Crippen molar-refractivity contribution < 1.29 is 17.4 Å². The lowest BCUT2D eigenvalue weighted by Gasteiger charge is -2.17. The van der Waals surface area contributed by atoms with E-state index in [9.17, 15) is 17.4 Å². The average molecular weight is 330 g/mol. The summed E-state index contributed by atoms with van der Waals surface area (Å²) in [7, 11) is -1.69. The molecule has 0 aliphatic carbocycles. The van der Waals surface area contributed by atoms with Gasteiger partial charge >= 0.3 is 6.18 Å². The molecule has 17 heavy (non-hydrogen) atoms. The molecule has 1 aromatic rings. The van der Waals surface area contributed by atoms with Gasteiger partial charge in [-0.3, -0.25) is 4.21 Å². The van der Waals surface area contributed by atoms with Crippen molar-refractivity contribution >= 4 is 26.7 Å². The molecule has 0 heterocycles. The smallest absolute Gasteiger partial charge is 0.330 e. The fraction of sp³-hybridized carbons (Fsp3) is 0.400. The van der Waals surface area contributed by atoms with E-state index >= 15 is 0 Å². The number of halogens is 4. The monoisotopic (exact) mass is 329 g/mol. The van der Waals surface area contributed by atoms with Crippen LogP contribution in [0.2, 0.25) is 0 Å². The van der Waals surface area contributed by atoms with E-state index in [0.717, 1.165) is 4.47 Å². The first kappa shape index (κ1) is 14.7. The third kappa shape index (κ3) is 4.40. The topological polar surface area (TPSA) is 43.1 Å². The molecule has 2 nitrogen and oxygen atoms in total. The lowest BCUT2D eigenvalue weighted by atomic mass is 10.2. The van der Waals surface area contributed by atoms with Crippen molar-refractivity contribution in [3.63, 3.8) is 0 Å². The van der Waals surface area contributed by atoms with E-state index in [1.807, 2.05) is 0 Å². The van der Waals surface area contributed by atoms with Crippen LogP contribution in [0.4, 0.5) is 13.2 Å². The quantitative estimate of drug-likeness (QED) is 0.922. The minimum absolute atomic E-state index is 0.371. The SMILES string of the molecule is NCC(CS(=O)c1ccc(Br)cc1)C(F)(F)F. The molecule has 0 bridgehead atoms. The van der Waals surface area contributed by atoms with Gasteiger partial charge in [0, 0.05) is 21.7 Å². The molecule has 0 aliphatic rings. The highest BCUT2D eigenvalue weighted by Gasteiger charge is 2.39. The Kier molecular flexibility index (Phi) is 5.15. The van der Waals surface area contributed by atoms with Crippen molar-refractivity contribution in [2.24, 2.45) is 11.7 Å². The van der Waals surface area contributed by atoms with Crippen LogP contribution in [0.5, 0.6) is 0 Å². The Morgan fingerprint density at radius 3 is 2.24 bits per heavy atom. The third-order valence-corrected chi connectivity index (χ3v) is 4.21. The molecule has 0 aromatic heterocycles. The number of hydrogen-bond acceptors (Lipinski definition) is 2. The summed E-state index contributed by atoms with van der Waals surface area (Å²) in [6.45, 7) is -0.550. The summed E-state index contributed by atoms with van der Waals surface area (Å²) in [6, 6.07) is 6.34. The van der Waals surface area contributed by atoms with Gasteiger partial charge in [0.05, 0.1) is 16.7 Å². The Morgan fingerprint density at radius 2 is 1.82 bits per heavy atom. The Hall–Kier alpha value is -0.400. The molecule has 0 spiro atoms. The maximum atomic E-state index is 12.4. The first-order valence-electron chi connectivity index (χ1n) is 4.75. The maximum Gasteiger partial charge on any atom is 0.393 e. The van der Waals surface area contributed by atoms with Gasteiger partial charge in [0.15, 0.2) is 0 Å². The molecule has 1 aromatic carbocycles. The van der Waals surface area contributed by atoms with Crippen molar-refractivity contribution in [2.45, 2.75) is 11.1 Å². The highest BCUT2D eigenvalue weighted by molar-refractivity contribution is 9.10. The van der Waals surface area contributed by atoms with Gasteiger partial charge in [0.1, 0.15) is 0 Å². The zero-order valence-electron chi connectivity index (χ0n) is 8.71. The van der Waals surface area contributed by atoms with Crippen LogP contribution in [0, 0.1) is 5.92 Å². The summed E-state index contributed by atoms with van der Waals surface area (Å²) >= 11 is 3.19. The molecular weight excluding hydrogens is 319 g/mol. The summed E-state index contributed by atoms with van der Waals surface area (Å²) in [5.41, 5.74) is 5.05. The van der Waals surface area contributed by atoms with Crippen LogP contribution in [0.25, 0.3) is 0 Å². The molecule has 0 aliphatic heterocycles. The van der Waals surface area contributed by atoms with E-state index < -0.39 is 35.2 Å². The van der Waals surface area contributed by atoms with Crippen molar-refractivity contribution in [2.75, 3.05) is 12.3 Å². The zero-order chi connectivity index (χ0) is 13.1. The highest BCUT2D eigenvalue weighted by Crippen LogP contribution is 2.27. The normalized spacial score (nSPS) is 15.6. The molecule has 0 radical (unpaired) electrons. The molecule has 7 heteroatoms. The van der Waals surface area contributed by atoms with Gasteiger partial charge in [-0.15, -0.1) is 0 Å². The molecule has 2 unspecified atom stereocenters. The Morgan fingerprint density at radius 1 is 1.29 bits per heavy atom. The van der Waals surface area contributed by atoms with Gasteiger partial charge in [0.2, 0.25) is 0 Å². The van der Waals surface area contributed by atoms with Gasteiger partial charge in [-0.05, 0) is 24.3 Å². The molecule has 96 valence electrons. The number of benzene rings is 1. The van der Waals surface area contributed by atoms with Gasteiger partial charge in [-0.2, -0.15) is 13.2 Å². The second-order valence-corrected chi connectivity index (χ2v) is 5.85. The number of rotatable bonds is 4. The molecule has 2 atom stereocenters. The molecule has 0 fully saturated rings. The van der Waals surface area contributed by atoms with E-state index in [2.05, 4.69) is 15.9 Å². The summed E-state index contributed by atoms with van der Waals surface area (Å²) in [5.74, 6) is -2.23. The highest BCUT2D eigenvalue weighted by atomic mass is 79.9. The average Bonchev–Trinajstić information content (AvgIpc) is 2.24. The molecule has 0 amide bonds. The van der Waals surface area contributed by atoms with Crippen molar-refractivity contribution in [1.82, 2.24) is 0 Å². The van der Waals surface area contributed by atoms with Crippen LogP contribution >= 0.6 is 15.9 Å². The number of hydrogen-bond donors (Lipinski definition) is 1. The lowest BCUT2D eigenvalue weighted by molar-refractivity contribution is -0.165. The van der Waals surface area contributed by atoms with Crippen LogP contribution < -0.4 is 5.73 Å². The summed E-state index contributed by atoms with van der Waals surface area (Å²) in [4.78, 5) is 0.371. The molecule has 2 N–H and O–H groups in total. The summed E-state index contributed by atoms with van der Waals surface area (Å²) in [5, 5.41) is 0. The third-order valence-electron chi connectivity index (χ3n) is 2.18. The predicted octanol–water partition coefficient (Wildman–Crippen LogP) is 2.69. The largest absolute Gasteiger partial charge is 0.393 e. The second kappa shape index (κ2) is 5.97. The van der Waals surface area contributed by atoms with E-state index in [1.54, 1.807) is 12.1 Å². The van der Waals surface area contributed by atoms with Crippen LogP contribution in [0.3, 0.4) is 0 Å². The molecule has 0 saturated carbocycles. The Bertz CT molecular complexity index is 394. The van der Waals surface area contributed by atoms with E-state index in [-0.39, 0.29) is 0 Å². The van der Waals surface area contributed by atoms with Crippen molar-refractivity contribution in [3.8, 4) is 0 Å². The first-order chi connectivity index (χ1) is 7.84. The minimum atomic E-state index is -4.40.